The molecule has 0 atom stereocenters. The van der Waals surface area contributed by atoms with Crippen LogP contribution >= 0.6 is 11.6 Å². The van der Waals surface area contributed by atoms with Crippen LogP contribution in [0.5, 0.6) is 11.5 Å². The number of aromatic hydroxyl groups is 2. The van der Waals surface area contributed by atoms with Gasteiger partial charge in [-0.2, -0.15) is 5.11 Å². The van der Waals surface area contributed by atoms with E-state index >= 15 is 0 Å². The Labute approximate surface area is 150 Å². The Bertz CT molecular complexity index is 907. The highest BCUT2D eigenvalue weighted by molar-refractivity contribution is 6.30. The summed E-state index contributed by atoms with van der Waals surface area (Å²) in [6, 6.07) is 17.2. The van der Waals surface area contributed by atoms with Crippen LogP contribution in [-0.2, 0) is 0 Å². The fourth-order valence-electron chi connectivity index (χ4n) is 2.16. The van der Waals surface area contributed by atoms with Crippen LogP contribution < -0.4 is 5.32 Å². The molecule has 0 saturated heterocycles. The Hall–Kier alpha value is -3.05. The van der Waals surface area contributed by atoms with Gasteiger partial charge in [0.1, 0.15) is 17.2 Å². The van der Waals surface area contributed by atoms with E-state index in [1.165, 1.54) is 12.1 Å². The van der Waals surface area contributed by atoms with Crippen LogP contribution in [0.4, 0.5) is 22.7 Å². The van der Waals surface area contributed by atoms with E-state index in [4.69, 9.17) is 11.6 Å². The van der Waals surface area contributed by atoms with Crippen molar-refractivity contribution in [1.82, 2.24) is 0 Å². The van der Waals surface area contributed by atoms with E-state index in [1.807, 2.05) is 31.2 Å². The summed E-state index contributed by atoms with van der Waals surface area (Å²) >= 11 is 5.82. The molecule has 6 heteroatoms. The van der Waals surface area contributed by atoms with E-state index in [0.717, 1.165) is 11.3 Å². The highest BCUT2D eigenvalue weighted by Crippen LogP contribution is 2.38. The van der Waals surface area contributed by atoms with E-state index in [1.54, 1.807) is 24.3 Å². The number of hydrogen-bond acceptors (Lipinski definition) is 5. The number of benzene rings is 3. The first-order valence-electron chi connectivity index (χ1n) is 7.58. The molecule has 0 aliphatic rings. The Kier molecular flexibility index (Phi) is 4.86. The average Bonchev–Trinajstić information content (AvgIpc) is 2.60. The van der Waals surface area contributed by atoms with Crippen LogP contribution in [0, 0.1) is 6.92 Å². The maximum atomic E-state index is 10.2. The van der Waals surface area contributed by atoms with Gasteiger partial charge in [0, 0.05) is 22.8 Å². The van der Waals surface area contributed by atoms with Crippen molar-refractivity contribution in [3.63, 3.8) is 0 Å². The molecule has 3 aromatic carbocycles. The van der Waals surface area contributed by atoms with Crippen LogP contribution in [0.3, 0.4) is 0 Å². The standard InChI is InChI=1S/C19H16ClN3O2/c1-12-2-6-14(7-3-12)21-16-10-19(25)17(11-18(16)24)23-22-15-8-4-13(20)5-9-15/h2-11,21,24-25H,1H3. The molecule has 0 fully saturated rings. The van der Waals surface area contributed by atoms with Crippen LogP contribution in [-0.4, -0.2) is 10.2 Å². The fourth-order valence-corrected chi connectivity index (χ4v) is 2.28. The molecular formula is C19H16ClN3O2. The molecule has 126 valence electrons. The summed E-state index contributed by atoms with van der Waals surface area (Å²) in [5.74, 6) is -0.131. The van der Waals surface area contributed by atoms with Crippen molar-refractivity contribution in [2.75, 3.05) is 5.32 Å². The summed E-state index contributed by atoms with van der Waals surface area (Å²) in [7, 11) is 0. The lowest BCUT2D eigenvalue weighted by molar-refractivity contribution is 0.463. The average molecular weight is 354 g/mol. The van der Waals surface area contributed by atoms with Gasteiger partial charge in [-0.25, -0.2) is 0 Å². The Morgan fingerprint density at radius 2 is 1.52 bits per heavy atom. The number of hydrogen-bond donors (Lipinski definition) is 3. The lowest BCUT2D eigenvalue weighted by Gasteiger charge is -2.10. The summed E-state index contributed by atoms with van der Waals surface area (Å²) in [6.07, 6.45) is 0. The number of aryl methyl sites for hydroxylation is 1. The maximum Gasteiger partial charge on any atom is 0.145 e. The number of nitrogens with zero attached hydrogens (tertiary/aromatic N) is 2. The second-order valence-corrected chi connectivity index (χ2v) is 5.96. The van der Waals surface area contributed by atoms with Gasteiger partial charge in [-0.1, -0.05) is 29.3 Å². The van der Waals surface area contributed by atoms with Crippen LogP contribution in [0.15, 0.2) is 70.9 Å². The molecule has 0 aliphatic carbocycles. The largest absolute Gasteiger partial charge is 0.506 e. The molecule has 0 unspecified atom stereocenters. The monoisotopic (exact) mass is 353 g/mol. The Morgan fingerprint density at radius 1 is 0.840 bits per heavy atom. The number of nitrogens with one attached hydrogen (secondary N) is 1. The molecule has 0 saturated carbocycles. The molecule has 3 N–H and O–H groups in total. The third kappa shape index (κ3) is 4.28. The number of rotatable bonds is 4. The van der Waals surface area contributed by atoms with E-state index in [2.05, 4.69) is 15.5 Å². The van der Waals surface area contributed by atoms with Crippen molar-refractivity contribution in [3.05, 3.63) is 71.2 Å². The number of phenols is 2. The van der Waals surface area contributed by atoms with E-state index in [-0.39, 0.29) is 17.2 Å². The fraction of sp³-hybridized carbons (Fsp3) is 0.0526. The van der Waals surface area contributed by atoms with Gasteiger partial charge >= 0.3 is 0 Å². The van der Waals surface area contributed by atoms with Gasteiger partial charge in [0.25, 0.3) is 0 Å². The molecule has 0 spiro atoms. The minimum absolute atomic E-state index is 0.0385. The van der Waals surface area contributed by atoms with Crippen molar-refractivity contribution in [1.29, 1.82) is 0 Å². The van der Waals surface area contributed by atoms with E-state index in [0.29, 0.717) is 16.4 Å². The van der Waals surface area contributed by atoms with Gasteiger partial charge in [0.15, 0.2) is 0 Å². The summed E-state index contributed by atoms with van der Waals surface area (Å²) in [5.41, 5.74) is 3.07. The zero-order valence-corrected chi connectivity index (χ0v) is 14.2. The molecule has 25 heavy (non-hydrogen) atoms. The zero-order valence-electron chi connectivity index (χ0n) is 13.4. The van der Waals surface area contributed by atoms with Crippen molar-refractivity contribution >= 4 is 34.4 Å². The Balaban J connectivity index is 1.82. The normalized spacial score (nSPS) is 11.0. The van der Waals surface area contributed by atoms with Gasteiger partial charge in [-0.15, -0.1) is 5.11 Å². The molecule has 0 bridgehead atoms. The SMILES string of the molecule is Cc1ccc(Nc2cc(O)c(N=Nc3ccc(Cl)cc3)cc2O)cc1. The first-order chi connectivity index (χ1) is 12.0. The first-order valence-corrected chi connectivity index (χ1v) is 7.96. The lowest BCUT2D eigenvalue weighted by Crippen LogP contribution is -1.90. The minimum atomic E-state index is -0.0925. The Morgan fingerprint density at radius 3 is 2.20 bits per heavy atom. The van der Waals surface area contributed by atoms with Crippen molar-refractivity contribution in [3.8, 4) is 11.5 Å². The van der Waals surface area contributed by atoms with Gasteiger partial charge in [-0.05, 0) is 43.3 Å². The van der Waals surface area contributed by atoms with E-state index in [9.17, 15) is 10.2 Å². The number of anilines is 2. The van der Waals surface area contributed by atoms with Gasteiger partial charge in [-0.3, -0.25) is 0 Å². The molecule has 3 aromatic rings. The van der Waals surface area contributed by atoms with Crippen molar-refractivity contribution in [2.45, 2.75) is 6.92 Å². The molecule has 0 aliphatic heterocycles. The maximum absolute atomic E-state index is 10.2. The van der Waals surface area contributed by atoms with Gasteiger partial charge in [0.2, 0.25) is 0 Å². The minimum Gasteiger partial charge on any atom is -0.506 e. The molecule has 5 nitrogen and oxygen atoms in total. The zero-order chi connectivity index (χ0) is 17.8. The number of halogens is 1. The quantitative estimate of drug-likeness (QED) is 0.296. The smallest absolute Gasteiger partial charge is 0.145 e. The molecule has 0 radical (unpaired) electrons. The van der Waals surface area contributed by atoms with Crippen LogP contribution in [0.2, 0.25) is 5.02 Å². The number of azo groups is 1. The molecule has 3 rings (SSSR count). The second kappa shape index (κ2) is 7.23. The molecule has 0 amide bonds. The van der Waals surface area contributed by atoms with Crippen LogP contribution in [0.1, 0.15) is 5.56 Å². The first kappa shape index (κ1) is 16.8. The highest BCUT2D eigenvalue weighted by Gasteiger charge is 2.09. The molecule has 0 heterocycles. The van der Waals surface area contributed by atoms with Gasteiger partial charge in [0.05, 0.1) is 11.4 Å². The third-order valence-corrected chi connectivity index (χ3v) is 3.78. The summed E-state index contributed by atoms with van der Waals surface area (Å²) in [5, 5.41) is 31.9. The van der Waals surface area contributed by atoms with E-state index < -0.39 is 0 Å². The topological polar surface area (TPSA) is 77.2 Å². The molecular weight excluding hydrogens is 338 g/mol. The summed E-state index contributed by atoms with van der Waals surface area (Å²) < 4.78 is 0. The number of phenolic OH excluding ortho intramolecular Hbond substituents is 2. The predicted molar refractivity (Wildman–Crippen MR) is 99.9 cm³/mol. The lowest BCUT2D eigenvalue weighted by atomic mass is 10.2. The second-order valence-electron chi connectivity index (χ2n) is 5.53. The van der Waals surface area contributed by atoms with Crippen molar-refractivity contribution in [2.24, 2.45) is 10.2 Å². The summed E-state index contributed by atoms with van der Waals surface area (Å²) in [4.78, 5) is 0. The third-order valence-electron chi connectivity index (χ3n) is 3.52. The van der Waals surface area contributed by atoms with Crippen LogP contribution in [0.25, 0.3) is 0 Å². The van der Waals surface area contributed by atoms with Gasteiger partial charge < -0.3 is 15.5 Å². The predicted octanol–water partition coefficient (Wildman–Crippen LogP) is 6.22. The van der Waals surface area contributed by atoms with Crippen molar-refractivity contribution < 1.29 is 10.2 Å². The molecule has 0 aromatic heterocycles. The highest BCUT2D eigenvalue weighted by atomic mass is 35.5. The summed E-state index contributed by atoms with van der Waals surface area (Å²) in [6.45, 7) is 1.99.